The molecule has 0 bridgehead atoms. The van der Waals surface area contributed by atoms with E-state index in [0.717, 1.165) is 19.4 Å². The van der Waals surface area contributed by atoms with E-state index < -0.39 is 12.0 Å². The first-order chi connectivity index (χ1) is 9.13. The van der Waals surface area contributed by atoms with Gasteiger partial charge in [0.25, 0.3) is 0 Å². The summed E-state index contributed by atoms with van der Waals surface area (Å²) in [6, 6.07) is 4.82. The molecule has 0 saturated carbocycles. The fraction of sp³-hybridized carbons (Fsp3) is 0.500. The van der Waals surface area contributed by atoms with Crippen LogP contribution in [0.4, 0.5) is 0 Å². The molecule has 5 heteroatoms. The van der Waals surface area contributed by atoms with E-state index in [9.17, 15) is 15.0 Å². The third-order valence-corrected chi connectivity index (χ3v) is 3.57. The molecule has 1 aromatic carbocycles. The summed E-state index contributed by atoms with van der Waals surface area (Å²) in [6.07, 6.45) is 2.60. The molecule has 1 aliphatic heterocycles. The number of methoxy groups -OCH3 is 1. The van der Waals surface area contributed by atoms with E-state index in [2.05, 4.69) is 0 Å². The highest BCUT2D eigenvalue weighted by atomic mass is 16.5. The number of aliphatic carboxylic acids is 1. The molecule has 1 aromatic rings. The van der Waals surface area contributed by atoms with Gasteiger partial charge in [-0.1, -0.05) is 18.6 Å². The lowest BCUT2D eigenvalue weighted by Gasteiger charge is -2.33. The molecule has 1 fully saturated rings. The van der Waals surface area contributed by atoms with Gasteiger partial charge in [0.2, 0.25) is 0 Å². The number of hydrogen-bond acceptors (Lipinski definition) is 4. The predicted octanol–water partition coefficient (Wildman–Crippen LogP) is 1.84. The van der Waals surface area contributed by atoms with Gasteiger partial charge >= 0.3 is 5.97 Å². The van der Waals surface area contributed by atoms with E-state index in [0.29, 0.717) is 24.3 Å². The topological polar surface area (TPSA) is 70.0 Å². The van der Waals surface area contributed by atoms with Gasteiger partial charge in [0.1, 0.15) is 6.04 Å². The molecule has 0 radical (unpaired) electrons. The van der Waals surface area contributed by atoms with Crippen molar-refractivity contribution >= 4 is 5.97 Å². The van der Waals surface area contributed by atoms with E-state index in [4.69, 9.17) is 4.74 Å². The SMILES string of the molecule is COc1cccc(CN2CCCCC2C(=O)O)c1O. The van der Waals surface area contributed by atoms with Crippen LogP contribution in [0.2, 0.25) is 0 Å². The van der Waals surface area contributed by atoms with Crippen molar-refractivity contribution < 1.29 is 19.7 Å². The number of hydrogen-bond donors (Lipinski definition) is 2. The number of ether oxygens (including phenoxy) is 1. The van der Waals surface area contributed by atoms with Crippen molar-refractivity contribution in [3.05, 3.63) is 23.8 Å². The minimum absolute atomic E-state index is 0.0970. The number of aromatic hydroxyl groups is 1. The number of rotatable bonds is 4. The second kappa shape index (κ2) is 5.93. The first-order valence-electron chi connectivity index (χ1n) is 6.45. The van der Waals surface area contributed by atoms with Gasteiger partial charge in [0.15, 0.2) is 11.5 Å². The number of benzene rings is 1. The molecule has 1 heterocycles. The molecule has 1 unspecified atom stereocenters. The highest BCUT2D eigenvalue weighted by molar-refractivity contribution is 5.73. The molecule has 0 amide bonds. The fourth-order valence-corrected chi connectivity index (χ4v) is 2.54. The molecular formula is C14H19NO4. The fourth-order valence-electron chi connectivity index (χ4n) is 2.54. The van der Waals surface area contributed by atoms with E-state index >= 15 is 0 Å². The van der Waals surface area contributed by atoms with Gasteiger partial charge in [-0.15, -0.1) is 0 Å². The quantitative estimate of drug-likeness (QED) is 0.869. The van der Waals surface area contributed by atoms with Gasteiger partial charge in [0, 0.05) is 12.1 Å². The summed E-state index contributed by atoms with van der Waals surface area (Å²) in [7, 11) is 1.50. The van der Waals surface area contributed by atoms with E-state index in [1.54, 1.807) is 18.2 Å². The van der Waals surface area contributed by atoms with Crippen LogP contribution in [0.25, 0.3) is 0 Å². The average Bonchev–Trinajstić information content (AvgIpc) is 2.41. The number of carbonyl (C=O) groups is 1. The Bertz CT molecular complexity index is 461. The minimum Gasteiger partial charge on any atom is -0.504 e. The largest absolute Gasteiger partial charge is 0.504 e. The van der Waals surface area contributed by atoms with Crippen LogP contribution in [0.5, 0.6) is 11.5 Å². The maximum absolute atomic E-state index is 11.2. The molecular weight excluding hydrogens is 246 g/mol. The van der Waals surface area contributed by atoms with Gasteiger partial charge < -0.3 is 14.9 Å². The summed E-state index contributed by atoms with van der Waals surface area (Å²) < 4.78 is 5.06. The Morgan fingerprint density at radius 2 is 2.26 bits per heavy atom. The second-order valence-corrected chi connectivity index (χ2v) is 4.79. The first-order valence-corrected chi connectivity index (χ1v) is 6.45. The molecule has 0 spiro atoms. The summed E-state index contributed by atoms with van der Waals surface area (Å²) in [5, 5.41) is 19.3. The zero-order valence-corrected chi connectivity index (χ0v) is 11.0. The van der Waals surface area contributed by atoms with E-state index in [1.807, 2.05) is 4.90 Å². The number of phenols is 1. The van der Waals surface area contributed by atoms with Gasteiger partial charge in [-0.3, -0.25) is 9.69 Å². The third-order valence-electron chi connectivity index (χ3n) is 3.57. The Hall–Kier alpha value is -1.75. The molecule has 104 valence electrons. The van der Waals surface area contributed by atoms with Crippen molar-refractivity contribution in [3.63, 3.8) is 0 Å². The normalized spacial score (nSPS) is 20.2. The molecule has 5 nitrogen and oxygen atoms in total. The van der Waals surface area contributed by atoms with Crippen molar-refractivity contribution in [2.24, 2.45) is 0 Å². The van der Waals surface area contributed by atoms with E-state index in [1.165, 1.54) is 7.11 Å². The Balaban J connectivity index is 2.17. The van der Waals surface area contributed by atoms with Crippen molar-refractivity contribution in [3.8, 4) is 11.5 Å². The van der Waals surface area contributed by atoms with Crippen molar-refractivity contribution in [2.45, 2.75) is 31.8 Å². The lowest BCUT2D eigenvalue weighted by Crippen LogP contribution is -2.44. The first kappa shape index (κ1) is 13.7. The lowest BCUT2D eigenvalue weighted by atomic mass is 10.0. The van der Waals surface area contributed by atoms with Crippen molar-refractivity contribution in [2.75, 3.05) is 13.7 Å². The lowest BCUT2D eigenvalue weighted by molar-refractivity contribution is -0.144. The third kappa shape index (κ3) is 2.98. The van der Waals surface area contributed by atoms with Gasteiger partial charge in [-0.05, 0) is 25.5 Å². The Morgan fingerprint density at radius 1 is 1.47 bits per heavy atom. The zero-order valence-electron chi connectivity index (χ0n) is 11.0. The molecule has 2 N–H and O–H groups in total. The second-order valence-electron chi connectivity index (χ2n) is 4.79. The minimum atomic E-state index is -0.790. The molecule has 0 aromatic heterocycles. The molecule has 1 aliphatic rings. The van der Waals surface area contributed by atoms with Gasteiger partial charge in [0.05, 0.1) is 7.11 Å². The van der Waals surface area contributed by atoms with Crippen LogP contribution >= 0.6 is 0 Å². The molecule has 2 rings (SSSR count). The summed E-state index contributed by atoms with van der Waals surface area (Å²) in [5.74, 6) is -0.275. The molecule has 0 aliphatic carbocycles. The highest BCUT2D eigenvalue weighted by Crippen LogP contribution is 2.31. The van der Waals surface area contributed by atoms with Gasteiger partial charge in [-0.2, -0.15) is 0 Å². The predicted molar refractivity (Wildman–Crippen MR) is 70.3 cm³/mol. The molecule has 19 heavy (non-hydrogen) atoms. The highest BCUT2D eigenvalue weighted by Gasteiger charge is 2.28. The smallest absolute Gasteiger partial charge is 0.320 e. The van der Waals surface area contributed by atoms with E-state index in [-0.39, 0.29) is 5.75 Å². The van der Waals surface area contributed by atoms with Crippen LogP contribution in [-0.2, 0) is 11.3 Å². The maximum Gasteiger partial charge on any atom is 0.320 e. The van der Waals surface area contributed by atoms with Gasteiger partial charge in [-0.25, -0.2) is 0 Å². The molecule has 1 atom stereocenters. The summed E-state index contributed by atoms with van der Waals surface area (Å²) >= 11 is 0. The zero-order chi connectivity index (χ0) is 13.8. The van der Waals surface area contributed by atoms with Crippen LogP contribution in [0.3, 0.4) is 0 Å². The Kier molecular flexibility index (Phi) is 4.27. The number of nitrogens with zero attached hydrogens (tertiary/aromatic N) is 1. The van der Waals surface area contributed by atoms with Crippen molar-refractivity contribution in [1.29, 1.82) is 0 Å². The summed E-state index contributed by atoms with van der Waals surface area (Å²) in [5.41, 5.74) is 0.701. The van der Waals surface area contributed by atoms with Crippen LogP contribution in [0.1, 0.15) is 24.8 Å². The standard InChI is InChI=1S/C14H19NO4/c1-19-12-7-4-5-10(13(12)16)9-15-8-3-2-6-11(15)14(17)18/h4-5,7,11,16H,2-3,6,8-9H2,1H3,(H,17,18). The Morgan fingerprint density at radius 3 is 2.95 bits per heavy atom. The monoisotopic (exact) mass is 265 g/mol. The maximum atomic E-state index is 11.2. The van der Waals surface area contributed by atoms with Crippen LogP contribution in [-0.4, -0.2) is 40.8 Å². The summed E-state index contributed by atoms with van der Waals surface area (Å²) in [6.45, 7) is 1.17. The number of piperidine rings is 1. The number of carboxylic acids is 1. The number of para-hydroxylation sites is 1. The van der Waals surface area contributed by atoms with Crippen molar-refractivity contribution in [1.82, 2.24) is 4.90 Å². The van der Waals surface area contributed by atoms with Crippen LogP contribution in [0, 0.1) is 0 Å². The number of carboxylic acid groups (broad SMARTS) is 1. The van der Waals surface area contributed by atoms with Crippen LogP contribution in [0.15, 0.2) is 18.2 Å². The average molecular weight is 265 g/mol. The molecule has 1 saturated heterocycles. The van der Waals surface area contributed by atoms with Crippen LogP contribution < -0.4 is 4.74 Å². The Labute approximate surface area is 112 Å². The number of likely N-dealkylation sites (tertiary alicyclic amines) is 1. The summed E-state index contributed by atoms with van der Waals surface area (Å²) in [4.78, 5) is 13.1. The number of phenolic OH excluding ortho intramolecular Hbond substituents is 1.